The van der Waals surface area contributed by atoms with Crippen molar-refractivity contribution in [3.63, 3.8) is 0 Å². The minimum absolute atomic E-state index is 0.563. The van der Waals surface area contributed by atoms with Crippen LogP contribution in [-0.4, -0.2) is 0 Å². The zero-order valence-corrected chi connectivity index (χ0v) is 35.5. The molecule has 0 saturated heterocycles. The van der Waals surface area contributed by atoms with Crippen molar-refractivity contribution in [1.82, 2.24) is 0 Å². The van der Waals surface area contributed by atoms with Crippen LogP contribution in [0.25, 0.3) is 76.9 Å². The van der Waals surface area contributed by atoms with Gasteiger partial charge in [-0.05, 0) is 120 Å². The van der Waals surface area contributed by atoms with Crippen LogP contribution in [0.4, 0.5) is 17.1 Å². The fraction of sp³-hybridized carbons (Fsp3) is 0.0159. The molecule has 2 heteroatoms. The minimum atomic E-state index is -0.563. The van der Waals surface area contributed by atoms with E-state index in [0.29, 0.717) is 0 Å². The second kappa shape index (κ2) is 14.8. The van der Waals surface area contributed by atoms with E-state index in [1.165, 1.54) is 54.9 Å². The van der Waals surface area contributed by atoms with Gasteiger partial charge in [0.2, 0.25) is 0 Å². The molecule has 12 aromatic rings. The fourth-order valence-corrected chi connectivity index (χ4v) is 10.8. The molecule has 0 amide bonds. The molecule has 0 spiro atoms. The first kappa shape index (κ1) is 37.1. The van der Waals surface area contributed by atoms with Gasteiger partial charge in [-0.3, -0.25) is 0 Å². The maximum atomic E-state index is 6.64. The molecule has 304 valence electrons. The SMILES string of the molecule is c1ccc(C2(c3cccc(N(c4ccc5c(c4)oc4ccccc45)c4cccc(-c5ccc6ccccc6c5)c4-c4ccc5ccccc5c4)c3)c3ccccc3-c3ccccc32)cc1. The number of hydrogen-bond donors (Lipinski definition) is 0. The molecule has 0 radical (unpaired) electrons. The number of fused-ring (bicyclic) bond motifs is 8. The van der Waals surface area contributed by atoms with E-state index in [-0.39, 0.29) is 0 Å². The van der Waals surface area contributed by atoms with Crippen molar-refractivity contribution in [2.75, 3.05) is 4.90 Å². The Morgan fingerprint density at radius 1 is 0.323 bits per heavy atom. The molecule has 13 rings (SSSR count). The van der Waals surface area contributed by atoms with Crippen molar-refractivity contribution in [2.24, 2.45) is 0 Å². The number of rotatable bonds is 7. The van der Waals surface area contributed by atoms with Crippen LogP contribution in [0.5, 0.6) is 0 Å². The Labute approximate surface area is 377 Å². The van der Waals surface area contributed by atoms with Crippen molar-refractivity contribution < 1.29 is 4.42 Å². The maximum Gasteiger partial charge on any atom is 0.137 e. The Bertz CT molecular complexity index is 3760. The molecule has 0 bridgehead atoms. The van der Waals surface area contributed by atoms with Crippen LogP contribution >= 0.6 is 0 Å². The second-order valence-electron chi connectivity index (χ2n) is 17.2. The lowest BCUT2D eigenvalue weighted by atomic mass is 9.67. The lowest BCUT2D eigenvalue weighted by molar-refractivity contribution is 0.669. The second-order valence-corrected chi connectivity index (χ2v) is 17.2. The Morgan fingerprint density at radius 2 is 0.877 bits per heavy atom. The molecule has 0 atom stereocenters. The van der Waals surface area contributed by atoms with Gasteiger partial charge in [-0.1, -0.05) is 194 Å². The highest BCUT2D eigenvalue weighted by atomic mass is 16.3. The minimum Gasteiger partial charge on any atom is -0.456 e. The van der Waals surface area contributed by atoms with Gasteiger partial charge in [-0.2, -0.15) is 0 Å². The van der Waals surface area contributed by atoms with E-state index < -0.39 is 5.41 Å². The summed E-state index contributed by atoms with van der Waals surface area (Å²) in [6.07, 6.45) is 0. The van der Waals surface area contributed by atoms with E-state index in [0.717, 1.165) is 61.3 Å². The van der Waals surface area contributed by atoms with Gasteiger partial charge in [0, 0.05) is 33.8 Å². The van der Waals surface area contributed by atoms with Gasteiger partial charge >= 0.3 is 0 Å². The van der Waals surface area contributed by atoms with Crippen molar-refractivity contribution >= 4 is 60.5 Å². The standard InChI is InChI=1S/C63H41NO/c1-2-20-48(21-3-1)63(57-28-11-8-24-53(57)54-25-9-12-29-58(54)63)49-22-14-23-50(40-49)64(51-36-37-56-55-26-10-13-31-60(55)65-61(56)41-51)59-30-15-27-52(46-34-32-42-16-4-6-18-44(42)38-46)62(59)47-35-33-43-17-5-7-19-45(43)39-47/h1-41H. The van der Waals surface area contributed by atoms with Crippen LogP contribution in [0.1, 0.15) is 22.3 Å². The highest BCUT2D eigenvalue weighted by Gasteiger charge is 2.46. The van der Waals surface area contributed by atoms with Gasteiger partial charge < -0.3 is 9.32 Å². The lowest BCUT2D eigenvalue weighted by Crippen LogP contribution is -2.28. The van der Waals surface area contributed by atoms with Crippen molar-refractivity contribution in [2.45, 2.75) is 5.41 Å². The van der Waals surface area contributed by atoms with Crippen molar-refractivity contribution in [3.8, 4) is 33.4 Å². The fourth-order valence-electron chi connectivity index (χ4n) is 10.8. The summed E-state index contributed by atoms with van der Waals surface area (Å²) in [4.78, 5) is 2.46. The molecule has 1 aromatic heterocycles. The maximum absolute atomic E-state index is 6.64. The summed E-state index contributed by atoms with van der Waals surface area (Å²) >= 11 is 0. The van der Waals surface area contributed by atoms with Gasteiger partial charge in [0.05, 0.1) is 11.1 Å². The third kappa shape index (κ3) is 5.81. The molecule has 0 N–H and O–H groups in total. The quantitative estimate of drug-likeness (QED) is 0.159. The molecule has 11 aromatic carbocycles. The lowest BCUT2D eigenvalue weighted by Gasteiger charge is -2.35. The molecular weight excluding hydrogens is 787 g/mol. The van der Waals surface area contributed by atoms with Gasteiger partial charge in [0.25, 0.3) is 0 Å². The first-order valence-corrected chi connectivity index (χ1v) is 22.4. The molecule has 1 heterocycles. The topological polar surface area (TPSA) is 16.4 Å². The van der Waals surface area contributed by atoms with Crippen LogP contribution in [0, 0.1) is 0 Å². The summed E-state index contributed by atoms with van der Waals surface area (Å²) in [7, 11) is 0. The predicted molar refractivity (Wildman–Crippen MR) is 272 cm³/mol. The number of furan rings is 1. The van der Waals surface area contributed by atoms with E-state index >= 15 is 0 Å². The smallest absolute Gasteiger partial charge is 0.137 e. The normalized spacial score (nSPS) is 12.7. The molecule has 1 aliphatic carbocycles. The van der Waals surface area contributed by atoms with Crippen LogP contribution < -0.4 is 4.90 Å². The first-order chi connectivity index (χ1) is 32.2. The van der Waals surface area contributed by atoms with Crippen molar-refractivity contribution in [1.29, 1.82) is 0 Å². The Balaban J connectivity index is 1.11. The third-order valence-electron chi connectivity index (χ3n) is 13.7. The number of anilines is 3. The molecule has 0 aliphatic heterocycles. The van der Waals surface area contributed by atoms with Gasteiger partial charge in [-0.15, -0.1) is 0 Å². The van der Waals surface area contributed by atoms with Gasteiger partial charge in [0.1, 0.15) is 11.2 Å². The Hall–Kier alpha value is -8.46. The number of para-hydroxylation sites is 1. The van der Waals surface area contributed by atoms with Crippen LogP contribution in [-0.2, 0) is 5.41 Å². The summed E-state index contributed by atoms with van der Waals surface area (Å²) in [5, 5.41) is 7.05. The zero-order chi connectivity index (χ0) is 42.9. The molecule has 0 saturated carbocycles. The van der Waals surface area contributed by atoms with E-state index in [9.17, 15) is 0 Å². The molecule has 65 heavy (non-hydrogen) atoms. The highest BCUT2D eigenvalue weighted by Crippen LogP contribution is 2.57. The zero-order valence-electron chi connectivity index (χ0n) is 35.5. The van der Waals surface area contributed by atoms with Crippen LogP contribution in [0.15, 0.2) is 253 Å². The number of hydrogen-bond acceptors (Lipinski definition) is 2. The van der Waals surface area contributed by atoms with Gasteiger partial charge in [-0.25, -0.2) is 0 Å². The molecule has 0 unspecified atom stereocenters. The van der Waals surface area contributed by atoms with E-state index in [1.54, 1.807) is 0 Å². The van der Waals surface area contributed by atoms with E-state index in [1.807, 2.05) is 6.07 Å². The average molecular weight is 828 g/mol. The molecule has 1 aliphatic rings. The molecule has 0 fully saturated rings. The predicted octanol–water partition coefficient (Wildman–Crippen LogP) is 17.1. The first-order valence-electron chi connectivity index (χ1n) is 22.4. The highest BCUT2D eigenvalue weighted by molar-refractivity contribution is 6.07. The summed E-state index contributed by atoms with van der Waals surface area (Å²) in [5.41, 5.74) is 16.5. The third-order valence-corrected chi connectivity index (χ3v) is 13.7. The Kier molecular flexibility index (Phi) is 8.47. The van der Waals surface area contributed by atoms with Crippen LogP contribution in [0.2, 0.25) is 0 Å². The summed E-state index contributed by atoms with van der Waals surface area (Å²) in [5.74, 6) is 0. The van der Waals surface area contributed by atoms with E-state index in [2.05, 4.69) is 248 Å². The monoisotopic (exact) mass is 827 g/mol. The van der Waals surface area contributed by atoms with Crippen LogP contribution in [0.3, 0.4) is 0 Å². The molecule has 2 nitrogen and oxygen atoms in total. The summed E-state index contributed by atoms with van der Waals surface area (Å²) < 4.78 is 6.64. The van der Waals surface area contributed by atoms with E-state index in [4.69, 9.17) is 4.42 Å². The Morgan fingerprint density at radius 3 is 1.63 bits per heavy atom. The number of nitrogens with zero attached hydrogens (tertiary/aromatic N) is 1. The number of benzene rings is 11. The summed E-state index contributed by atoms with van der Waals surface area (Å²) in [6, 6.07) is 91.1. The largest absolute Gasteiger partial charge is 0.456 e. The van der Waals surface area contributed by atoms with Crippen molar-refractivity contribution in [3.05, 3.63) is 271 Å². The average Bonchev–Trinajstić information content (AvgIpc) is 3.90. The molecular formula is C63H41NO. The van der Waals surface area contributed by atoms with Gasteiger partial charge in [0.15, 0.2) is 0 Å². The summed E-state index contributed by atoms with van der Waals surface area (Å²) in [6.45, 7) is 0.